The van der Waals surface area contributed by atoms with E-state index in [1.54, 1.807) is 5.17 Å². The molecule has 5 aromatic carbocycles. The summed E-state index contributed by atoms with van der Waals surface area (Å²) in [5.74, 6) is 0. The Labute approximate surface area is 283 Å². The number of rotatable bonds is 3. The zero-order valence-corrected chi connectivity index (χ0v) is 29.2. The summed E-state index contributed by atoms with van der Waals surface area (Å²) < 4.78 is 0. The van der Waals surface area contributed by atoms with Crippen molar-refractivity contribution in [3.8, 4) is 22.3 Å². The minimum Gasteiger partial charge on any atom is -1.00 e. The predicted octanol–water partition coefficient (Wildman–Crippen LogP) is 3.38. The molecule has 42 heavy (non-hydrogen) atoms. The van der Waals surface area contributed by atoms with Gasteiger partial charge in [-0.05, 0) is 51.6 Å². The maximum absolute atomic E-state index is 2.51. The van der Waals surface area contributed by atoms with Crippen molar-refractivity contribution >= 4 is 30.4 Å². The number of halogens is 2. The molecule has 0 spiro atoms. The van der Waals surface area contributed by atoms with Crippen molar-refractivity contribution < 1.29 is 51.0 Å². The summed E-state index contributed by atoms with van der Waals surface area (Å²) in [5, 5.41) is 4.28. The van der Waals surface area contributed by atoms with E-state index >= 15 is 0 Å². The standard InChI is InChI=1S/C22H23NSi.C15H11.2ClH.Zr/c1-16-14-21-19(17-8-5-4-6-9-17)10-7-11-20(21)22(16)23-13-12-18(15-23)24(2)3;1-2-6-12(7-3-1)14-10-4-8-13-9-5-11-15(13)14;;;/h4-14,22H,15H2,1-3H3;1-11H;2*1H;/q;-1;;;+3/p-2. The number of benzene rings is 4. The first-order chi connectivity index (χ1) is 19.1. The normalized spacial score (nSPS) is 14.5. The minimum absolute atomic E-state index is 0. The molecule has 0 amide bonds. The average Bonchev–Trinajstić information content (AvgIpc) is 3.72. The summed E-state index contributed by atoms with van der Waals surface area (Å²) in [5.41, 5.74) is 9.54. The van der Waals surface area contributed by atoms with E-state index in [1.807, 2.05) is 0 Å². The van der Waals surface area contributed by atoms with Crippen molar-refractivity contribution in [3.05, 3.63) is 144 Å². The second-order valence-corrected chi connectivity index (χ2v) is 13.3. The molecule has 0 aromatic heterocycles. The van der Waals surface area contributed by atoms with E-state index in [1.165, 1.54) is 49.7 Å². The second kappa shape index (κ2) is 15.2. The summed E-state index contributed by atoms with van der Waals surface area (Å²) in [4.78, 5) is 2.51. The van der Waals surface area contributed by atoms with Gasteiger partial charge in [0.05, 0.1) is 6.04 Å². The van der Waals surface area contributed by atoms with Crippen LogP contribution in [0.5, 0.6) is 0 Å². The van der Waals surface area contributed by atoms with Gasteiger partial charge in [0.15, 0.2) is 0 Å². The van der Waals surface area contributed by atoms with Crippen LogP contribution >= 0.6 is 0 Å². The average molecular weight is 683 g/mol. The zero-order chi connectivity index (χ0) is 26.8. The Balaban J connectivity index is 0.000000234. The van der Waals surface area contributed by atoms with Crippen molar-refractivity contribution in [1.29, 1.82) is 0 Å². The van der Waals surface area contributed by atoms with Crippen LogP contribution < -0.4 is 24.8 Å². The number of fused-ring (bicyclic) bond motifs is 2. The molecule has 0 N–H and O–H groups in total. The van der Waals surface area contributed by atoms with Crippen molar-refractivity contribution in [1.82, 2.24) is 4.90 Å². The van der Waals surface area contributed by atoms with Gasteiger partial charge in [-0.25, -0.2) is 0 Å². The van der Waals surface area contributed by atoms with Crippen molar-refractivity contribution in [2.24, 2.45) is 0 Å². The molecule has 1 heterocycles. The first-order valence-electron chi connectivity index (χ1n) is 13.8. The first kappa shape index (κ1) is 33.8. The van der Waals surface area contributed by atoms with E-state index < -0.39 is 0 Å². The van der Waals surface area contributed by atoms with Crippen LogP contribution in [0.15, 0.2) is 133 Å². The maximum atomic E-state index is 2.51. The van der Waals surface area contributed by atoms with Crippen LogP contribution in [0.2, 0.25) is 13.1 Å². The summed E-state index contributed by atoms with van der Waals surface area (Å²) in [6.45, 7) is 8.13. The van der Waals surface area contributed by atoms with Crippen LogP contribution in [-0.2, 0) is 26.2 Å². The van der Waals surface area contributed by atoms with Gasteiger partial charge < -0.3 is 29.7 Å². The summed E-state index contributed by atoms with van der Waals surface area (Å²) >= 11 is 0. The fourth-order valence-corrected chi connectivity index (χ4v) is 6.77. The summed E-state index contributed by atoms with van der Waals surface area (Å²) in [7, 11) is -0.349. The van der Waals surface area contributed by atoms with Gasteiger partial charge >= 0.3 is 26.2 Å². The molecule has 1 radical (unpaired) electrons. The molecular weight excluding hydrogens is 649 g/mol. The van der Waals surface area contributed by atoms with E-state index in [0.29, 0.717) is 6.04 Å². The van der Waals surface area contributed by atoms with Crippen LogP contribution in [0.1, 0.15) is 24.1 Å². The van der Waals surface area contributed by atoms with Crippen LogP contribution in [0, 0.1) is 0 Å². The Bertz CT molecular complexity index is 1720. The Morgan fingerprint density at radius 3 is 2.00 bits per heavy atom. The van der Waals surface area contributed by atoms with Crippen LogP contribution in [0.25, 0.3) is 39.1 Å². The molecule has 0 fully saturated rings. The van der Waals surface area contributed by atoms with Crippen molar-refractivity contribution in [2.45, 2.75) is 26.1 Å². The maximum Gasteiger partial charge on any atom is 3.00 e. The molecule has 1 aliphatic heterocycles. The molecule has 5 aromatic rings. The van der Waals surface area contributed by atoms with Gasteiger partial charge in [-0.2, -0.15) is 12.1 Å². The largest absolute Gasteiger partial charge is 3.00 e. The molecule has 0 saturated carbocycles. The molecular formula is C37H34Cl2NSiZr. The summed E-state index contributed by atoms with van der Waals surface area (Å²) in [6.07, 6.45) is 7.04. The zero-order valence-electron chi connectivity index (χ0n) is 24.2. The Kier molecular flexibility index (Phi) is 12.2. The van der Waals surface area contributed by atoms with Crippen molar-refractivity contribution in [3.63, 3.8) is 0 Å². The second-order valence-electron chi connectivity index (χ2n) is 10.7. The van der Waals surface area contributed by atoms with E-state index in [2.05, 4.69) is 159 Å². The molecule has 1 unspecified atom stereocenters. The topological polar surface area (TPSA) is 3.24 Å². The Hall–Kier alpha value is -2.68. The Morgan fingerprint density at radius 1 is 0.738 bits per heavy atom. The third-order valence-electron chi connectivity index (χ3n) is 7.88. The van der Waals surface area contributed by atoms with Gasteiger partial charge in [0.1, 0.15) is 0 Å². The van der Waals surface area contributed by atoms with E-state index in [9.17, 15) is 0 Å². The smallest absolute Gasteiger partial charge is 1.00 e. The Morgan fingerprint density at radius 2 is 1.36 bits per heavy atom. The van der Waals surface area contributed by atoms with E-state index in [0.717, 1.165) is 6.54 Å². The molecule has 2 aliphatic rings. The predicted molar refractivity (Wildman–Crippen MR) is 172 cm³/mol. The molecule has 1 atom stereocenters. The quantitative estimate of drug-likeness (QED) is 0.209. The van der Waals surface area contributed by atoms with E-state index in [4.69, 9.17) is 0 Å². The number of hydrogen-bond donors (Lipinski definition) is 0. The molecule has 1 aliphatic carbocycles. The van der Waals surface area contributed by atoms with Gasteiger partial charge in [0.2, 0.25) is 0 Å². The molecule has 0 saturated heterocycles. The third kappa shape index (κ3) is 6.92. The van der Waals surface area contributed by atoms with Gasteiger partial charge in [-0.15, -0.1) is 29.0 Å². The minimum atomic E-state index is -0.349. The van der Waals surface area contributed by atoms with Gasteiger partial charge in [-0.1, -0.05) is 110 Å². The monoisotopic (exact) mass is 680 g/mol. The van der Waals surface area contributed by atoms with Gasteiger partial charge in [0, 0.05) is 21.2 Å². The first-order valence-corrected chi connectivity index (χ1v) is 16.3. The van der Waals surface area contributed by atoms with E-state index in [-0.39, 0.29) is 59.4 Å². The summed E-state index contributed by atoms with van der Waals surface area (Å²) in [6, 6.07) is 41.3. The van der Waals surface area contributed by atoms with Gasteiger partial charge in [-0.3, -0.25) is 0 Å². The molecule has 209 valence electrons. The molecule has 7 rings (SSSR count). The van der Waals surface area contributed by atoms with Crippen LogP contribution in [0.4, 0.5) is 0 Å². The molecule has 0 bridgehead atoms. The fraction of sp³-hybridized carbons (Fsp3) is 0.135. The molecule has 5 heteroatoms. The van der Waals surface area contributed by atoms with Crippen molar-refractivity contribution in [2.75, 3.05) is 6.54 Å². The third-order valence-corrected chi connectivity index (χ3v) is 9.49. The SMILES string of the molecule is CC1=Cc2c(-c3ccccc3)cccc2C1N1C=CC(=[Si](C)C)C1.[Cl-].[Cl-].[Zr+3].c1ccc(-c2cccc3[cH-]ccc23)cc1. The molecule has 1 nitrogen and oxygen atoms in total. The fourth-order valence-electron chi connectivity index (χ4n) is 5.87. The van der Waals surface area contributed by atoms with Crippen LogP contribution in [0.3, 0.4) is 0 Å². The van der Waals surface area contributed by atoms with Crippen LogP contribution in [-0.4, -0.2) is 25.0 Å². The number of nitrogens with zero attached hydrogens (tertiary/aromatic N) is 1. The van der Waals surface area contributed by atoms with Gasteiger partial charge in [0.25, 0.3) is 0 Å². The number of hydrogen-bond acceptors (Lipinski definition) is 1.